The van der Waals surface area contributed by atoms with E-state index < -0.39 is 23.3 Å². The van der Waals surface area contributed by atoms with Crippen LogP contribution in [-0.4, -0.2) is 55.2 Å². The fourth-order valence-corrected chi connectivity index (χ4v) is 4.21. The minimum Gasteiger partial charge on any atom is -0.381 e. The maximum Gasteiger partial charge on any atom is 0.181 e. The molecule has 176 valence electrons. The number of hydrazine groups is 1. The van der Waals surface area contributed by atoms with Gasteiger partial charge in [-0.05, 0) is 37.3 Å². The van der Waals surface area contributed by atoms with Crippen molar-refractivity contribution in [3.05, 3.63) is 71.1 Å². The van der Waals surface area contributed by atoms with Crippen molar-refractivity contribution in [3.8, 4) is 17.5 Å². The molecule has 34 heavy (non-hydrogen) atoms. The van der Waals surface area contributed by atoms with Crippen LogP contribution in [0.15, 0.2) is 42.5 Å². The molecule has 1 aliphatic rings. The summed E-state index contributed by atoms with van der Waals surface area (Å²) in [4.78, 5) is 6.54. The first-order valence-electron chi connectivity index (χ1n) is 10.6. The van der Waals surface area contributed by atoms with E-state index in [9.17, 15) is 13.9 Å². The Morgan fingerprint density at radius 2 is 2.03 bits per heavy atom. The number of aliphatic hydroxyl groups is 1. The van der Waals surface area contributed by atoms with Gasteiger partial charge in [0, 0.05) is 29.8 Å². The number of hydrogen-bond donors (Lipinski definition) is 3. The topological polar surface area (TPSA) is 131 Å². The number of halogens is 2. The Morgan fingerprint density at radius 3 is 2.68 bits per heavy atom. The van der Waals surface area contributed by atoms with Gasteiger partial charge in [0.05, 0.1) is 37.6 Å². The van der Waals surface area contributed by atoms with Crippen molar-refractivity contribution >= 4 is 6.34 Å². The van der Waals surface area contributed by atoms with Crippen molar-refractivity contribution in [3.63, 3.8) is 0 Å². The van der Waals surface area contributed by atoms with E-state index in [0.29, 0.717) is 36.8 Å². The van der Waals surface area contributed by atoms with Crippen molar-refractivity contribution < 1.29 is 13.9 Å². The minimum atomic E-state index is -1.85. The molecule has 4 N–H and O–H groups in total. The molecule has 1 aromatic heterocycles. The molecule has 0 aliphatic carbocycles. The molecule has 0 spiro atoms. The lowest BCUT2D eigenvalue weighted by Crippen LogP contribution is -2.57. The highest BCUT2D eigenvalue weighted by Crippen LogP contribution is 2.33. The fourth-order valence-electron chi connectivity index (χ4n) is 4.21. The molecule has 0 saturated heterocycles. The SMILES string of the molecule is C[C@@H](N1CCn2nc(-c3ccc(C#N)cc3)nc2C1)[C@](O)(CN(N)C=N)c1ccc(F)cc1F. The Balaban J connectivity index is 1.62. The van der Waals surface area contributed by atoms with E-state index in [-0.39, 0.29) is 12.1 Å². The second kappa shape index (κ2) is 9.26. The summed E-state index contributed by atoms with van der Waals surface area (Å²) in [7, 11) is 0. The lowest BCUT2D eigenvalue weighted by Gasteiger charge is -2.43. The first-order chi connectivity index (χ1) is 16.2. The van der Waals surface area contributed by atoms with Gasteiger partial charge in [-0.25, -0.2) is 24.3 Å². The molecule has 9 nitrogen and oxygen atoms in total. The van der Waals surface area contributed by atoms with Crippen LogP contribution >= 0.6 is 0 Å². The standard InChI is InChI=1S/C23H24F2N8O/c1-15(23(34,13-32(28)14-27)19-7-6-18(24)10-20(19)25)31-8-9-33-21(12-31)29-22(30-33)17-4-2-16(11-26)3-5-17/h2-7,10,14-15,27,34H,8-9,12-13,28H2,1H3/t15-,23-/m1/s1. The summed E-state index contributed by atoms with van der Waals surface area (Å²) in [6, 6.07) is 11.4. The van der Waals surface area contributed by atoms with Gasteiger partial charge in [0.2, 0.25) is 0 Å². The fraction of sp³-hybridized carbons (Fsp3) is 0.304. The second-order valence-electron chi connectivity index (χ2n) is 8.26. The maximum absolute atomic E-state index is 14.7. The number of nitrogens with one attached hydrogen (secondary N) is 1. The molecule has 3 aromatic rings. The number of nitrogens with zero attached hydrogens (tertiary/aromatic N) is 6. The number of rotatable bonds is 7. The molecule has 0 radical (unpaired) electrons. The predicted octanol–water partition coefficient (Wildman–Crippen LogP) is 1.97. The highest BCUT2D eigenvalue weighted by atomic mass is 19.1. The number of hydrogen-bond acceptors (Lipinski definition) is 7. The largest absolute Gasteiger partial charge is 0.381 e. The van der Waals surface area contributed by atoms with Crippen LogP contribution in [0.25, 0.3) is 11.4 Å². The summed E-state index contributed by atoms with van der Waals surface area (Å²) in [5.74, 6) is 5.31. The molecule has 2 atom stereocenters. The third-order valence-corrected chi connectivity index (χ3v) is 6.19. The number of fused-ring (bicyclic) bond motifs is 1. The van der Waals surface area contributed by atoms with E-state index in [0.717, 1.165) is 29.0 Å². The minimum absolute atomic E-state index is 0.107. The van der Waals surface area contributed by atoms with Gasteiger partial charge in [0.25, 0.3) is 0 Å². The highest BCUT2D eigenvalue weighted by Gasteiger charge is 2.43. The predicted molar refractivity (Wildman–Crippen MR) is 120 cm³/mol. The van der Waals surface area contributed by atoms with Crippen molar-refractivity contribution in [2.24, 2.45) is 5.84 Å². The summed E-state index contributed by atoms with van der Waals surface area (Å²) >= 11 is 0. The molecule has 2 aromatic carbocycles. The van der Waals surface area contributed by atoms with Crippen LogP contribution in [0.5, 0.6) is 0 Å². The van der Waals surface area contributed by atoms with Gasteiger partial charge in [0.1, 0.15) is 23.1 Å². The maximum atomic E-state index is 14.7. The second-order valence-corrected chi connectivity index (χ2v) is 8.26. The van der Waals surface area contributed by atoms with E-state index in [4.69, 9.17) is 16.5 Å². The van der Waals surface area contributed by atoms with Gasteiger partial charge >= 0.3 is 0 Å². The van der Waals surface area contributed by atoms with E-state index in [1.807, 2.05) is 4.90 Å². The average Bonchev–Trinajstić information content (AvgIpc) is 3.26. The molecule has 1 aliphatic heterocycles. The Kier molecular flexibility index (Phi) is 6.39. The third-order valence-electron chi connectivity index (χ3n) is 6.19. The van der Waals surface area contributed by atoms with Crippen LogP contribution in [0.4, 0.5) is 8.78 Å². The normalized spacial score (nSPS) is 16.2. The molecule has 0 saturated carbocycles. The molecule has 4 rings (SSSR count). The van der Waals surface area contributed by atoms with Crippen LogP contribution in [0.2, 0.25) is 0 Å². The van der Waals surface area contributed by atoms with E-state index in [1.165, 1.54) is 6.07 Å². The van der Waals surface area contributed by atoms with E-state index >= 15 is 0 Å². The summed E-state index contributed by atoms with van der Waals surface area (Å²) < 4.78 is 30.0. The quantitative estimate of drug-likeness (QED) is 0.210. The zero-order valence-corrected chi connectivity index (χ0v) is 18.5. The molecule has 2 heterocycles. The zero-order chi connectivity index (χ0) is 24.5. The van der Waals surface area contributed by atoms with Crippen LogP contribution in [0.3, 0.4) is 0 Å². The molecule has 0 fully saturated rings. The Morgan fingerprint density at radius 1 is 1.29 bits per heavy atom. The summed E-state index contributed by atoms with van der Waals surface area (Å²) in [5, 5.41) is 33.5. The van der Waals surface area contributed by atoms with Gasteiger partial charge in [-0.3, -0.25) is 15.3 Å². The van der Waals surface area contributed by atoms with E-state index in [1.54, 1.807) is 35.9 Å². The first-order valence-corrected chi connectivity index (χ1v) is 10.6. The van der Waals surface area contributed by atoms with Gasteiger partial charge in [0.15, 0.2) is 5.82 Å². The van der Waals surface area contributed by atoms with Gasteiger partial charge in [-0.1, -0.05) is 6.07 Å². The van der Waals surface area contributed by atoms with Crippen LogP contribution in [-0.2, 0) is 18.7 Å². The summed E-state index contributed by atoms with van der Waals surface area (Å²) in [6.45, 7) is 2.76. The van der Waals surface area contributed by atoms with Crippen LogP contribution in [0, 0.1) is 28.4 Å². The van der Waals surface area contributed by atoms with Crippen molar-refractivity contribution in [2.45, 2.75) is 31.7 Å². The lowest BCUT2D eigenvalue weighted by molar-refractivity contribution is -0.0684. The number of nitriles is 1. The smallest absolute Gasteiger partial charge is 0.181 e. The molecule has 11 heteroatoms. The third kappa shape index (κ3) is 4.38. The first kappa shape index (κ1) is 23.4. The lowest BCUT2D eigenvalue weighted by atomic mass is 9.85. The Hall–Kier alpha value is -3.72. The van der Waals surface area contributed by atoms with Gasteiger partial charge in [-0.2, -0.15) is 10.4 Å². The number of aromatic nitrogens is 3. The van der Waals surface area contributed by atoms with Gasteiger partial charge < -0.3 is 5.11 Å². The van der Waals surface area contributed by atoms with Gasteiger partial charge in [-0.15, -0.1) is 0 Å². The molecular formula is C23H24F2N8O. The van der Waals surface area contributed by atoms with Crippen molar-refractivity contribution in [1.29, 1.82) is 10.7 Å². The molecule has 0 amide bonds. The Labute approximate surface area is 195 Å². The number of nitrogens with two attached hydrogens (primary N) is 1. The van der Waals surface area contributed by atoms with Crippen LogP contribution in [0.1, 0.15) is 23.9 Å². The van der Waals surface area contributed by atoms with E-state index in [2.05, 4.69) is 16.2 Å². The molecule has 0 bridgehead atoms. The van der Waals surface area contributed by atoms with Crippen LogP contribution < -0.4 is 5.84 Å². The summed E-state index contributed by atoms with van der Waals surface area (Å²) in [6.07, 6.45) is 0.829. The monoisotopic (exact) mass is 466 g/mol. The summed E-state index contributed by atoms with van der Waals surface area (Å²) in [5.41, 5.74) is -0.638. The zero-order valence-electron chi connectivity index (χ0n) is 18.5. The average molecular weight is 466 g/mol. The molecular weight excluding hydrogens is 442 g/mol. The van der Waals surface area contributed by atoms with Crippen molar-refractivity contribution in [2.75, 3.05) is 13.1 Å². The molecule has 0 unspecified atom stereocenters. The van der Waals surface area contributed by atoms with Crippen molar-refractivity contribution in [1.82, 2.24) is 24.7 Å². The Bertz CT molecular complexity index is 1240. The number of benzene rings is 2. The highest BCUT2D eigenvalue weighted by molar-refractivity contribution is 5.56.